The molecule has 2 N–H and O–H groups in total. The molecule has 0 aliphatic rings. The molecule has 9 nitrogen and oxygen atoms in total. The van der Waals surface area contributed by atoms with Gasteiger partial charge in [0.25, 0.3) is 7.82 Å². The lowest BCUT2D eigenvalue weighted by Gasteiger charge is -2.32. The minimum atomic E-state index is -4.88. The molecule has 0 radical (unpaired) electrons. The van der Waals surface area contributed by atoms with Crippen molar-refractivity contribution < 1.29 is 43.0 Å². The number of phosphoric ester groups is 1. The van der Waals surface area contributed by atoms with Gasteiger partial charge in [-0.15, -0.1) is 0 Å². The molecule has 1 aromatic carbocycles. The van der Waals surface area contributed by atoms with Crippen LogP contribution in [0.25, 0.3) is 6.08 Å². The molecule has 0 saturated carbocycles. The summed E-state index contributed by atoms with van der Waals surface area (Å²) in [6.45, 7) is -1.23. The number of rotatable bonds is 12. The Morgan fingerprint density at radius 1 is 1.30 bits per heavy atom. The maximum Gasteiger partial charge on any atom is 0.268 e. The Balaban J connectivity index is 2.85. The van der Waals surface area contributed by atoms with Gasteiger partial charge >= 0.3 is 0 Å². The van der Waals surface area contributed by atoms with Gasteiger partial charge in [0, 0.05) is 0 Å². The van der Waals surface area contributed by atoms with Crippen molar-refractivity contribution in [3.8, 4) is 0 Å². The highest BCUT2D eigenvalue weighted by molar-refractivity contribution is 7.45. The van der Waals surface area contributed by atoms with Gasteiger partial charge < -0.3 is 23.5 Å². The Bertz CT molecular complexity index is 655. The molecule has 0 aliphatic carbocycles. The number of carbonyl (C=O) groups excluding carboxylic acids is 1. The number of hydrogen-bond acceptors (Lipinski definition) is 8. The maximum atomic E-state index is 12.5. The Hall–Kier alpha value is -1.42. The summed E-state index contributed by atoms with van der Waals surface area (Å²) in [6.07, 6.45) is 0.271. The Labute approximate surface area is 158 Å². The van der Waals surface area contributed by atoms with Gasteiger partial charge in [-0.25, -0.2) is 4.89 Å². The van der Waals surface area contributed by atoms with E-state index in [1.807, 2.05) is 18.2 Å². The number of hydrogen-bond donors (Lipinski definition) is 2. The van der Waals surface area contributed by atoms with Crippen LogP contribution < -0.4 is 4.89 Å². The fourth-order valence-electron chi connectivity index (χ4n) is 2.00. The number of nitrogens with zero attached hydrogens (tertiary/aromatic N) is 1. The molecule has 0 spiro atoms. The highest BCUT2D eigenvalue weighted by Crippen LogP contribution is 2.40. The van der Waals surface area contributed by atoms with Crippen LogP contribution in [0.2, 0.25) is 0 Å². The van der Waals surface area contributed by atoms with Crippen molar-refractivity contribution in [1.82, 2.24) is 0 Å². The molecule has 0 saturated heterocycles. The van der Waals surface area contributed by atoms with E-state index in [4.69, 9.17) is 14.9 Å². The average Bonchev–Trinajstić information content (AvgIpc) is 2.59. The summed E-state index contributed by atoms with van der Waals surface area (Å²) in [5, 5.41) is 17.3. The predicted octanol–water partition coefficient (Wildman–Crippen LogP) is 0.696. The van der Waals surface area contributed by atoms with Crippen LogP contribution >= 0.6 is 7.82 Å². The number of benzene rings is 1. The zero-order valence-electron chi connectivity index (χ0n) is 15.6. The normalized spacial score (nSPS) is 16.8. The first kappa shape index (κ1) is 23.6. The second-order valence-electron chi connectivity index (χ2n) is 6.87. The van der Waals surface area contributed by atoms with Gasteiger partial charge in [0.2, 0.25) is 0 Å². The number of carbonyl (C=O) groups is 1. The second kappa shape index (κ2) is 10.8. The molecule has 1 aromatic rings. The van der Waals surface area contributed by atoms with Crippen LogP contribution in [0.5, 0.6) is 0 Å². The molecular formula is C17H26NO8P. The molecule has 10 heteroatoms. The highest BCUT2D eigenvalue weighted by Gasteiger charge is 2.29. The van der Waals surface area contributed by atoms with Crippen molar-refractivity contribution in [3.63, 3.8) is 0 Å². The van der Waals surface area contributed by atoms with Crippen LogP contribution in [0.15, 0.2) is 36.4 Å². The van der Waals surface area contributed by atoms with E-state index in [-0.39, 0.29) is 11.0 Å². The lowest BCUT2D eigenvalue weighted by Crippen LogP contribution is -2.45. The zero-order chi connectivity index (χ0) is 20.5. The molecule has 0 fully saturated rings. The first-order chi connectivity index (χ1) is 12.6. The standard InChI is InChI=1S/C17H26NO8P/c1-18(2,3)11-17(16(20)10-9-14-7-5-4-6-8-14)26-27(22,23)24-13-15(12-19)25-21/h4-10,15,17,19H,11-13H2,1-3H3,(H-,21,22,23)/t15-,17?/m1/s1. The van der Waals surface area contributed by atoms with Crippen LogP contribution in [0, 0.1) is 0 Å². The van der Waals surface area contributed by atoms with E-state index in [1.54, 1.807) is 39.4 Å². The monoisotopic (exact) mass is 403 g/mol. The fraction of sp³-hybridized carbons (Fsp3) is 0.471. The summed E-state index contributed by atoms with van der Waals surface area (Å²) >= 11 is 0. The Morgan fingerprint density at radius 3 is 2.44 bits per heavy atom. The highest BCUT2D eigenvalue weighted by atomic mass is 31.2. The molecule has 0 aliphatic heterocycles. The Kier molecular flexibility index (Phi) is 9.44. The van der Waals surface area contributed by atoms with Gasteiger partial charge in [0.15, 0.2) is 11.9 Å². The van der Waals surface area contributed by atoms with Crippen molar-refractivity contribution in [2.45, 2.75) is 12.2 Å². The summed E-state index contributed by atoms with van der Waals surface area (Å²) < 4.78 is 21.8. The molecule has 0 heterocycles. The minimum absolute atomic E-state index is 0.0769. The summed E-state index contributed by atoms with van der Waals surface area (Å²) in [5.74, 6) is -0.538. The van der Waals surface area contributed by atoms with Crippen molar-refractivity contribution in [3.05, 3.63) is 42.0 Å². The van der Waals surface area contributed by atoms with Crippen molar-refractivity contribution in [2.24, 2.45) is 0 Å². The third-order valence-electron chi connectivity index (χ3n) is 3.30. The number of quaternary nitrogens is 1. The second-order valence-corrected chi connectivity index (χ2v) is 8.23. The predicted molar refractivity (Wildman–Crippen MR) is 96.4 cm³/mol. The lowest BCUT2D eigenvalue weighted by molar-refractivity contribution is -0.872. The van der Waals surface area contributed by atoms with Gasteiger partial charge in [-0.2, -0.15) is 0 Å². The number of likely N-dealkylation sites (N-methyl/N-ethyl adjacent to an activating group) is 1. The summed E-state index contributed by atoms with van der Waals surface area (Å²) in [6, 6.07) is 9.05. The molecule has 27 heavy (non-hydrogen) atoms. The lowest BCUT2D eigenvalue weighted by atomic mass is 10.1. The SMILES string of the molecule is C[N+](C)(C)CC(OP(=O)([O-])OC[C@@H](CO)OO)C(=O)C=Cc1ccccc1. The van der Waals surface area contributed by atoms with Gasteiger partial charge in [0.1, 0.15) is 12.6 Å². The molecule has 3 atom stereocenters. The molecule has 152 valence electrons. The third kappa shape index (κ3) is 9.90. The van der Waals surface area contributed by atoms with E-state index >= 15 is 0 Å². The number of phosphoric acid groups is 1. The topological polar surface area (TPSA) is 125 Å². The quantitative estimate of drug-likeness (QED) is 0.172. The molecular weight excluding hydrogens is 377 g/mol. The first-order valence-electron chi connectivity index (χ1n) is 8.19. The number of aliphatic hydroxyl groups excluding tert-OH is 1. The van der Waals surface area contributed by atoms with Crippen LogP contribution in [0.3, 0.4) is 0 Å². The van der Waals surface area contributed by atoms with E-state index in [0.717, 1.165) is 5.56 Å². The van der Waals surface area contributed by atoms with Crippen LogP contribution in [0.4, 0.5) is 0 Å². The number of aliphatic hydroxyl groups is 1. The number of ketones is 1. The molecule has 2 unspecified atom stereocenters. The largest absolute Gasteiger partial charge is 0.756 e. The summed E-state index contributed by atoms with van der Waals surface area (Å²) in [7, 11) is 0.459. The molecule has 0 aromatic heterocycles. The fourth-order valence-corrected chi connectivity index (χ4v) is 2.89. The van der Waals surface area contributed by atoms with Crippen LogP contribution in [0.1, 0.15) is 5.56 Å². The summed E-state index contributed by atoms with van der Waals surface area (Å²) in [5.41, 5.74) is 0.780. The van der Waals surface area contributed by atoms with Gasteiger partial charge in [-0.1, -0.05) is 36.4 Å². The zero-order valence-corrected chi connectivity index (χ0v) is 16.5. The first-order valence-corrected chi connectivity index (χ1v) is 9.65. The van der Waals surface area contributed by atoms with E-state index < -0.39 is 39.0 Å². The average molecular weight is 403 g/mol. The van der Waals surface area contributed by atoms with Gasteiger partial charge in [-0.05, 0) is 11.6 Å². The van der Waals surface area contributed by atoms with E-state index in [1.165, 1.54) is 6.08 Å². The van der Waals surface area contributed by atoms with Gasteiger partial charge in [-0.3, -0.25) is 14.6 Å². The van der Waals surface area contributed by atoms with E-state index in [9.17, 15) is 14.3 Å². The smallest absolute Gasteiger partial charge is 0.268 e. The maximum absolute atomic E-state index is 12.5. The molecule has 1 rings (SSSR count). The molecule has 0 amide bonds. The van der Waals surface area contributed by atoms with Crippen LogP contribution in [-0.2, 0) is 23.3 Å². The van der Waals surface area contributed by atoms with Gasteiger partial charge in [0.05, 0.1) is 34.4 Å². The van der Waals surface area contributed by atoms with Crippen molar-refractivity contribution in [2.75, 3.05) is 40.9 Å². The third-order valence-corrected chi connectivity index (χ3v) is 4.28. The van der Waals surface area contributed by atoms with Crippen molar-refractivity contribution >= 4 is 19.7 Å². The summed E-state index contributed by atoms with van der Waals surface area (Å²) in [4.78, 5) is 28.3. The molecule has 0 bridgehead atoms. The minimum Gasteiger partial charge on any atom is -0.756 e. The van der Waals surface area contributed by atoms with Crippen LogP contribution in [-0.4, -0.2) is 73.7 Å². The Morgan fingerprint density at radius 2 is 1.93 bits per heavy atom. The van der Waals surface area contributed by atoms with E-state index in [0.29, 0.717) is 0 Å². The van der Waals surface area contributed by atoms with Crippen molar-refractivity contribution in [1.29, 1.82) is 0 Å². The van der Waals surface area contributed by atoms with E-state index in [2.05, 4.69) is 9.41 Å².